The fourth-order valence-electron chi connectivity index (χ4n) is 2.01. The van der Waals surface area contributed by atoms with Gasteiger partial charge < -0.3 is 4.90 Å². The molecule has 96 valence electrons. The van der Waals surface area contributed by atoms with Crippen molar-refractivity contribution in [3.63, 3.8) is 0 Å². The van der Waals surface area contributed by atoms with E-state index >= 15 is 0 Å². The van der Waals surface area contributed by atoms with E-state index in [4.69, 9.17) is 0 Å². The number of aryl methyl sites for hydroxylation is 2. The molecule has 0 fully saturated rings. The summed E-state index contributed by atoms with van der Waals surface area (Å²) in [7, 11) is 5.18. The zero-order valence-corrected chi connectivity index (χ0v) is 10.9. The molecule has 1 heterocycles. The van der Waals surface area contributed by atoms with Crippen LogP contribution in [-0.2, 0) is 18.4 Å². The average Bonchev–Trinajstić information content (AvgIpc) is 2.60. The van der Waals surface area contributed by atoms with Gasteiger partial charge in [0.1, 0.15) is 0 Å². The number of carbonyl (C=O) groups excluding carboxylic acids is 1. The van der Waals surface area contributed by atoms with Crippen LogP contribution in [0.15, 0.2) is 29.1 Å². The van der Waals surface area contributed by atoms with Crippen LogP contribution >= 0.6 is 0 Å². The second-order valence-electron chi connectivity index (χ2n) is 4.52. The molecule has 0 aliphatic heterocycles. The highest BCUT2D eigenvalue weighted by atomic mass is 16.2. The third-order valence-corrected chi connectivity index (χ3v) is 3.10. The van der Waals surface area contributed by atoms with Gasteiger partial charge in [-0.3, -0.25) is 13.9 Å². The quantitative estimate of drug-likeness (QED) is 0.806. The van der Waals surface area contributed by atoms with Crippen molar-refractivity contribution in [2.45, 2.75) is 13.0 Å². The molecule has 0 spiro atoms. The first-order chi connectivity index (χ1) is 8.52. The maximum absolute atomic E-state index is 12.1. The standard InChI is InChI=1S/C13H17N3O2/c1-14(2)12(17)8-9-16-11-7-5-4-6-10(11)15(3)13(16)18/h4-7H,8-9H2,1-3H3. The lowest BCUT2D eigenvalue weighted by Crippen LogP contribution is -2.27. The Balaban J connectivity index is 2.37. The van der Waals surface area contributed by atoms with Crippen LogP contribution in [0.5, 0.6) is 0 Å². The van der Waals surface area contributed by atoms with Gasteiger partial charge in [0.25, 0.3) is 0 Å². The Labute approximate surface area is 105 Å². The van der Waals surface area contributed by atoms with Crippen molar-refractivity contribution in [1.29, 1.82) is 0 Å². The molecule has 2 rings (SSSR count). The van der Waals surface area contributed by atoms with Gasteiger partial charge in [-0.2, -0.15) is 0 Å². The van der Waals surface area contributed by atoms with Crippen molar-refractivity contribution in [2.75, 3.05) is 14.1 Å². The lowest BCUT2D eigenvalue weighted by molar-refractivity contribution is -0.128. The minimum atomic E-state index is -0.0808. The number of benzene rings is 1. The summed E-state index contributed by atoms with van der Waals surface area (Å²) < 4.78 is 3.26. The van der Waals surface area contributed by atoms with Crippen molar-refractivity contribution < 1.29 is 4.79 Å². The smallest absolute Gasteiger partial charge is 0.328 e. The van der Waals surface area contributed by atoms with E-state index in [1.165, 1.54) is 4.90 Å². The lowest BCUT2D eigenvalue weighted by atomic mass is 10.3. The van der Waals surface area contributed by atoms with Gasteiger partial charge >= 0.3 is 5.69 Å². The Morgan fingerprint density at radius 2 is 1.83 bits per heavy atom. The summed E-state index contributed by atoms with van der Waals surface area (Å²) in [6.07, 6.45) is 0.334. The van der Waals surface area contributed by atoms with Crippen molar-refractivity contribution in [1.82, 2.24) is 14.0 Å². The molecule has 2 aromatic rings. The van der Waals surface area contributed by atoms with Crippen LogP contribution in [0.25, 0.3) is 11.0 Å². The van der Waals surface area contributed by atoms with Crippen LogP contribution in [0.2, 0.25) is 0 Å². The molecular formula is C13H17N3O2. The summed E-state index contributed by atoms with van der Waals surface area (Å²) >= 11 is 0. The van der Waals surface area contributed by atoms with Gasteiger partial charge in [0, 0.05) is 34.1 Å². The topological polar surface area (TPSA) is 47.2 Å². The zero-order chi connectivity index (χ0) is 13.3. The molecule has 1 amide bonds. The van der Waals surface area contributed by atoms with E-state index in [2.05, 4.69) is 0 Å². The maximum atomic E-state index is 12.1. The third kappa shape index (κ3) is 2.03. The van der Waals surface area contributed by atoms with Crippen molar-refractivity contribution in [3.8, 4) is 0 Å². The van der Waals surface area contributed by atoms with Crippen LogP contribution in [-0.4, -0.2) is 34.0 Å². The van der Waals surface area contributed by atoms with Crippen molar-refractivity contribution in [2.24, 2.45) is 7.05 Å². The van der Waals surface area contributed by atoms with Gasteiger partial charge in [-0.15, -0.1) is 0 Å². The minimum Gasteiger partial charge on any atom is -0.349 e. The van der Waals surface area contributed by atoms with Crippen LogP contribution in [0, 0.1) is 0 Å². The normalized spacial score (nSPS) is 10.8. The van der Waals surface area contributed by atoms with Crippen molar-refractivity contribution >= 4 is 16.9 Å². The molecule has 5 heteroatoms. The van der Waals surface area contributed by atoms with E-state index < -0.39 is 0 Å². The number of hydrogen-bond acceptors (Lipinski definition) is 2. The number of aromatic nitrogens is 2. The highest BCUT2D eigenvalue weighted by molar-refractivity contribution is 5.77. The number of rotatable bonds is 3. The van der Waals surface area contributed by atoms with E-state index in [9.17, 15) is 9.59 Å². The molecule has 0 saturated carbocycles. The van der Waals surface area contributed by atoms with E-state index in [1.807, 2.05) is 24.3 Å². The molecule has 1 aromatic heterocycles. The second kappa shape index (κ2) is 4.68. The molecule has 0 bridgehead atoms. The van der Waals surface area contributed by atoms with Gasteiger partial charge in [-0.05, 0) is 12.1 Å². The third-order valence-electron chi connectivity index (χ3n) is 3.10. The summed E-state index contributed by atoms with van der Waals surface area (Å²) in [5, 5.41) is 0. The highest BCUT2D eigenvalue weighted by Crippen LogP contribution is 2.11. The summed E-state index contributed by atoms with van der Waals surface area (Å²) in [5.74, 6) is 0.0230. The van der Waals surface area contributed by atoms with Crippen molar-refractivity contribution in [3.05, 3.63) is 34.7 Å². The molecule has 0 atom stereocenters. The van der Waals surface area contributed by atoms with Gasteiger partial charge in [-0.1, -0.05) is 12.1 Å². The first-order valence-corrected chi connectivity index (χ1v) is 5.87. The number of imidazole rings is 1. The summed E-state index contributed by atoms with van der Waals surface area (Å²) in [5.41, 5.74) is 1.68. The molecule has 0 saturated heterocycles. The highest BCUT2D eigenvalue weighted by Gasteiger charge is 2.11. The fraction of sp³-hybridized carbons (Fsp3) is 0.385. The number of nitrogens with zero attached hydrogens (tertiary/aromatic N) is 3. The largest absolute Gasteiger partial charge is 0.349 e. The zero-order valence-electron chi connectivity index (χ0n) is 10.9. The summed E-state index contributed by atoms with van der Waals surface area (Å²) in [6.45, 7) is 0.414. The van der Waals surface area contributed by atoms with E-state index in [-0.39, 0.29) is 11.6 Å². The number of amides is 1. The van der Waals surface area contributed by atoms with Gasteiger partial charge in [-0.25, -0.2) is 4.79 Å². The van der Waals surface area contributed by atoms with Crippen LogP contribution in [0.1, 0.15) is 6.42 Å². The Morgan fingerprint density at radius 1 is 1.22 bits per heavy atom. The van der Waals surface area contributed by atoms with Crippen LogP contribution in [0.3, 0.4) is 0 Å². The fourth-order valence-corrected chi connectivity index (χ4v) is 2.01. The maximum Gasteiger partial charge on any atom is 0.328 e. The molecular weight excluding hydrogens is 230 g/mol. The monoisotopic (exact) mass is 247 g/mol. The SMILES string of the molecule is CN(C)C(=O)CCn1c(=O)n(C)c2ccccc21. The number of fused-ring (bicyclic) bond motifs is 1. The minimum absolute atomic E-state index is 0.0230. The molecule has 1 aromatic carbocycles. The van der Waals surface area contributed by atoms with Crippen LogP contribution < -0.4 is 5.69 Å². The Bertz CT molecular complexity index is 637. The predicted molar refractivity (Wildman–Crippen MR) is 70.5 cm³/mol. The Hall–Kier alpha value is -2.04. The van der Waals surface area contributed by atoms with Gasteiger partial charge in [0.2, 0.25) is 5.91 Å². The molecule has 0 N–H and O–H groups in total. The lowest BCUT2D eigenvalue weighted by Gasteiger charge is -2.10. The van der Waals surface area contributed by atoms with Gasteiger partial charge in [0.05, 0.1) is 11.0 Å². The second-order valence-corrected chi connectivity index (χ2v) is 4.52. The molecule has 18 heavy (non-hydrogen) atoms. The number of hydrogen-bond donors (Lipinski definition) is 0. The molecule has 0 aliphatic rings. The first-order valence-electron chi connectivity index (χ1n) is 5.87. The predicted octanol–water partition coefficient (Wildman–Crippen LogP) is 0.818. The molecule has 0 radical (unpaired) electrons. The van der Waals surface area contributed by atoms with Gasteiger partial charge in [0.15, 0.2) is 0 Å². The average molecular weight is 247 g/mol. The number of carbonyl (C=O) groups is 1. The summed E-state index contributed by atoms with van der Waals surface area (Å²) in [4.78, 5) is 25.2. The van der Waals surface area contributed by atoms with E-state index in [0.29, 0.717) is 13.0 Å². The Morgan fingerprint density at radius 3 is 2.44 bits per heavy atom. The van der Waals surface area contributed by atoms with E-state index in [1.54, 1.807) is 30.3 Å². The number of para-hydroxylation sites is 2. The van der Waals surface area contributed by atoms with E-state index in [0.717, 1.165) is 11.0 Å². The first kappa shape index (κ1) is 12.4. The van der Waals surface area contributed by atoms with Crippen LogP contribution in [0.4, 0.5) is 0 Å². The molecule has 0 unspecified atom stereocenters. The summed E-state index contributed by atoms with van der Waals surface area (Å²) in [6, 6.07) is 7.60. The Kier molecular flexibility index (Phi) is 3.23. The molecule has 0 aliphatic carbocycles. The molecule has 5 nitrogen and oxygen atoms in total.